The van der Waals surface area contributed by atoms with Crippen LogP contribution < -0.4 is 16.1 Å². The summed E-state index contributed by atoms with van der Waals surface area (Å²) in [6.07, 6.45) is 0. The molecule has 0 heterocycles. The smallest absolute Gasteiger partial charge is 0.132 e. The van der Waals surface area contributed by atoms with Crippen molar-refractivity contribution in [1.82, 2.24) is 0 Å². The molecule has 1 atom stereocenters. The van der Waals surface area contributed by atoms with E-state index in [-0.39, 0.29) is 5.82 Å². The van der Waals surface area contributed by atoms with Crippen LogP contribution in [0.2, 0.25) is 0 Å². The van der Waals surface area contributed by atoms with Crippen LogP contribution in [0, 0.1) is 5.82 Å². The summed E-state index contributed by atoms with van der Waals surface area (Å²) >= 11 is 0. The molecular formula is C12H11FNP. The van der Waals surface area contributed by atoms with Gasteiger partial charge in [0.15, 0.2) is 0 Å². The Kier molecular flexibility index (Phi) is 3.10. The molecule has 2 rings (SSSR count). The van der Waals surface area contributed by atoms with Gasteiger partial charge in [0.05, 0.1) is 0 Å². The monoisotopic (exact) mass is 219 g/mol. The van der Waals surface area contributed by atoms with E-state index in [1.54, 1.807) is 12.1 Å². The van der Waals surface area contributed by atoms with E-state index >= 15 is 0 Å². The van der Waals surface area contributed by atoms with Crippen molar-refractivity contribution < 1.29 is 4.39 Å². The zero-order valence-corrected chi connectivity index (χ0v) is 8.99. The zero-order valence-electron chi connectivity index (χ0n) is 8.10. The minimum absolute atomic E-state index is 0.227. The largest absolute Gasteiger partial charge is 0.302 e. The molecule has 2 aromatic rings. The fourth-order valence-electron chi connectivity index (χ4n) is 1.37. The van der Waals surface area contributed by atoms with E-state index in [0.29, 0.717) is 5.30 Å². The molecule has 0 saturated carbocycles. The third kappa shape index (κ3) is 2.23. The molecule has 0 fully saturated rings. The average molecular weight is 219 g/mol. The van der Waals surface area contributed by atoms with Crippen LogP contribution in [0.3, 0.4) is 0 Å². The number of hydrogen-bond acceptors (Lipinski definition) is 1. The molecule has 0 aliphatic rings. The lowest BCUT2D eigenvalue weighted by Gasteiger charge is -2.12. The minimum atomic E-state index is -1.07. The first kappa shape index (κ1) is 10.3. The Morgan fingerprint density at radius 1 is 0.867 bits per heavy atom. The summed E-state index contributed by atoms with van der Waals surface area (Å²) in [6.45, 7) is 0. The van der Waals surface area contributed by atoms with Gasteiger partial charge in [0.25, 0.3) is 0 Å². The Morgan fingerprint density at radius 3 is 2.13 bits per heavy atom. The Bertz CT molecular complexity index is 444. The van der Waals surface area contributed by atoms with Crippen molar-refractivity contribution in [2.45, 2.75) is 0 Å². The molecule has 2 aromatic carbocycles. The van der Waals surface area contributed by atoms with Crippen molar-refractivity contribution in [1.29, 1.82) is 0 Å². The summed E-state index contributed by atoms with van der Waals surface area (Å²) in [5, 5.41) is 1.58. The SMILES string of the molecule is NP(c1ccccc1)c1ccccc1F. The van der Waals surface area contributed by atoms with Crippen molar-refractivity contribution in [3.63, 3.8) is 0 Å². The van der Waals surface area contributed by atoms with Crippen molar-refractivity contribution in [2.24, 2.45) is 5.50 Å². The molecule has 0 aliphatic heterocycles. The predicted molar refractivity (Wildman–Crippen MR) is 63.2 cm³/mol. The Hall–Kier alpha value is -1.24. The third-order valence-electron chi connectivity index (χ3n) is 2.15. The molecule has 0 saturated heterocycles. The molecule has 0 spiro atoms. The summed E-state index contributed by atoms with van der Waals surface area (Å²) in [5.41, 5.74) is 6.04. The van der Waals surface area contributed by atoms with E-state index in [0.717, 1.165) is 5.30 Å². The zero-order chi connectivity index (χ0) is 10.7. The maximum absolute atomic E-state index is 13.5. The maximum Gasteiger partial charge on any atom is 0.132 e. The Balaban J connectivity index is 2.37. The van der Waals surface area contributed by atoms with Gasteiger partial charge in [0.2, 0.25) is 0 Å². The topological polar surface area (TPSA) is 26.0 Å². The van der Waals surface area contributed by atoms with Gasteiger partial charge < -0.3 is 5.50 Å². The van der Waals surface area contributed by atoms with E-state index < -0.39 is 8.07 Å². The molecule has 0 amide bonds. The van der Waals surface area contributed by atoms with Crippen LogP contribution in [0.25, 0.3) is 0 Å². The van der Waals surface area contributed by atoms with Gasteiger partial charge in [-0.15, -0.1) is 0 Å². The molecule has 3 heteroatoms. The fraction of sp³-hybridized carbons (Fsp3) is 0. The quantitative estimate of drug-likeness (QED) is 0.769. The molecular weight excluding hydrogens is 208 g/mol. The number of benzene rings is 2. The highest BCUT2D eigenvalue weighted by Gasteiger charge is 2.11. The van der Waals surface area contributed by atoms with E-state index in [2.05, 4.69) is 0 Å². The van der Waals surface area contributed by atoms with Crippen LogP contribution in [-0.2, 0) is 0 Å². The molecule has 0 aromatic heterocycles. The van der Waals surface area contributed by atoms with Gasteiger partial charge in [-0.05, 0) is 17.4 Å². The second-order valence-corrected chi connectivity index (χ2v) is 4.90. The Labute approximate surface area is 89.5 Å². The molecule has 0 bridgehead atoms. The first-order valence-electron chi connectivity index (χ1n) is 4.63. The van der Waals surface area contributed by atoms with Crippen LogP contribution in [-0.4, -0.2) is 0 Å². The summed E-state index contributed by atoms with van der Waals surface area (Å²) in [5.74, 6) is -0.227. The van der Waals surface area contributed by atoms with Crippen LogP contribution in [0.5, 0.6) is 0 Å². The van der Waals surface area contributed by atoms with Gasteiger partial charge in [-0.25, -0.2) is 4.39 Å². The van der Waals surface area contributed by atoms with Crippen LogP contribution in [0.1, 0.15) is 0 Å². The van der Waals surface area contributed by atoms with Crippen LogP contribution in [0.4, 0.5) is 4.39 Å². The van der Waals surface area contributed by atoms with Crippen LogP contribution in [0.15, 0.2) is 54.6 Å². The lowest BCUT2D eigenvalue weighted by molar-refractivity contribution is 0.636. The fourth-order valence-corrected chi connectivity index (χ4v) is 2.70. The highest BCUT2D eigenvalue weighted by molar-refractivity contribution is 7.70. The Morgan fingerprint density at radius 2 is 1.47 bits per heavy atom. The van der Waals surface area contributed by atoms with Gasteiger partial charge >= 0.3 is 0 Å². The van der Waals surface area contributed by atoms with Crippen molar-refractivity contribution in [3.8, 4) is 0 Å². The van der Waals surface area contributed by atoms with Crippen molar-refractivity contribution in [2.75, 3.05) is 0 Å². The van der Waals surface area contributed by atoms with E-state index in [9.17, 15) is 4.39 Å². The summed E-state index contributed by atoms with van der Waals surface area (Å²) in [4.78, 5) is 0. The summed E-state index contributed by atoms with van der Waals surface area (Å²) in [7, 11) is -1.07. The summed E-state index contributed by atoms with van der Waals surface area (Å²) in [6, 6.07) is 16.3. The van der Waals surface area contributed by atoms with Gasteiger partial charge in [-0.2, -0.15) is 0 Å². The number of halogens is 1. The van der Waals surface area contributed by atoms with E-state index in [1.807, 2.05) is 36.4 Å². The van der Waals surface area contributed by atoms with Gasteiger partial charge in [0.1, 0.15) is 5.82 Å². The molecule has 2 N–H and O–H groups in total. The third-order valence-corrected chi connectivity index (χ3v) is 3.88. The van der Waals surface area contributed by atoms with Gasteiger partial charge in [0, 0.05) is 13.4 Å². The molecule has 1 unspecified atom stereocenters. The number of rotatable bonds is 2. The lowest BCUT2D eigenvalue weighted by atomic mass is 10.3. The first-order valence-corrected chi connectivity index (χ1v) is 6.04. The molecule has 1 nitrogen and oxygen atoms in total. The maximum atomic E-state index is 13.5. The second-order valence-electron chi connectivity index (χ2n) is 3.16. The predicted octanol–water partition coefficient (Wildman–Crippen LogP) is 2.13. The molecule has 15 heavy (non-hydrogen) atoms. The lowest BCUT2D eigenvalue weighted by Crippen LogP contribution is -2.19. The molecule has 0 aliphatic carbocycles. The molecule has 76 valence electrons. The molecule has 0 radical (unpaired) electrons. The average Bonchev–Trinajstić information content (AvgIpc) is 2.30. The number of nitrogens with two attached hydrogens (primary N) is 1. The van der Waals surface area contributed by atoms with Crippen molar-refractivity contribution >= 4 is 18.7 Å². The minimum Gasteiger partial charge on any atom is -0.302 e. The van der Waals surface area contributed by atoms with Gasteiger partial charge in [-0.3, -0.25) is 0 Å². The highest BCUT2D eigenvalue weighted by atomic mass is 31.1. The normalized spacial score (nSPS) is 12.4. The van der Waals surface area contributed by atoms with Crippen molar-refractivity contribution in [3.05, 3.63) is 60.4 Å². The number of hydrogen-bond donors (Lipinski definition) is 1. The van der Waals surface area contributed by atoms with Crippen LogP contribution >= 0.6 is 8.07 Å². The highest BCUT2D eigenvalue weighted by Crippen LogP contribution is 2.24. The second kappa shape index (κ2) is 4.52. The van der Waals surface area contributed by atoms with Gasteiger partial charge in [-0.1, -0.05) is 42.5 Å². The summed E-state index contributed by atoms with van der Waals surface area (Å²) < 4.78 is 13.5. The van der Waals surface area contributed by atoms with E-state index in [4.69, 9.17) is 5.50 Å². The standard InChI is InChI=1S/C12H11FNP/c13-11-8-4-5-9-12(11)15(14)10-6-2-1-3-7-10/h1-9H,14H2. The first-order chi connectivity index (χ1) is 7.29. The van der Waals surface area contributed by atoms with E-state index in [1.165, 1.54) is 6.07 Å².